The van der Waals surface area contributed by atoms with E-state index in [-0.39, 0.29) is 5.91 Å². The first-order valence-corrected chi connectivity index (χ1v) is 6.71. The Bertz CT molecular complexity index is 584. The summed E-state index contributed by atoms with van der Waals surface area (Å²) in [6, 6.07) is 8.99. The molecule has 1 N–H and O–H groups in total. The maximum Gasteiger partial charge on any atom is 0.258 e. The number of halogens is 2. The standard InChI is InChI=1S/C13H10ClIN2O/c1-8-3-2-4-10(12(8)14)13(18)17-11-6-5-9(15)7-16-11/h2-7H,1H3,(H,16,17,18). The zero-order chi connectivity index (χ0) is 13.1. The second-order valence-electron chi connectivity index (χ2n) is 3.75. The molecule has 0 saturated carbocycles. The maximum absolute atomic E-state index is 12.0. The van der Waals surface area contributed by atoms with Crippen LogP contribution in [0.25, 0.3) is 0 Å². The molecule has 2 rings (SSSR count). The minimum Gasteiger partial charge on any atom is -0.307 e. The van der Waals surface area contributed by atoms with Crippen molar-refractivity contribution in [3.05, 3.63) is 56.2 Å². The molecule has 1 aromatic carbocycles. The smallest absolute Gasteiger partial charge is 0.258 e. The molecule has 0 unspecified atom stereocenters. The fraction of sp³-hybridized carbons (Fsp3) is 0.0769. The first-order chi connectivity index (χ1) is 8.58. The van der Waals surface area contributed by atoms with Gasteiger partial charge in [0.15, 0.2) is 0 Å². The lowest BCUT2D eigenvalue weighted by Gasteiger charge is -2.07. The molecule has 1 amide bonds. The second-order valence-corrected chi connectivity index (χ2v) is 5.38. The van der Waals surface area contributed by atoms with Gasteiger partial charge in [0.2, 0.25) is 0 Å². The van der Waals surface area contributed by atoms with Gasteiger partial charge in [-0.2, -0.15) is 0 Å². The van der Waals surface area contributed by atoms with E-state index in [0.717, 1.165) is 9.13 Å². The van der Waals surface area contributed by atoms with E-state index < -0.39 is 0 Å². The Morgan fingerprint density at radius 3 is 2.78 bits per heavy atom. The van der Waals surface area contributed by atoms with Crippen molar-refractivity contribution in [3.63, 3.8) is 0 Å². The van der Waals surface area contributed by atoms with Crippen LogP contribution in [0, 0.1) is 10.5 Å². The van der Waals surface area contributed by atoms with Crippen LogP contribution in [-0.2, 0) is 0 Å². The van der Waals surface area contributed by atoms with Crippen molar-refractivity contribution >= 4 is 45.9 Å². The number of nitrogens with one attached hydrogen (secondary N) is 1. The van der Waals surface area contributed by atoms with Crippen LogP contribution >= 0.6 is 34.2 Å². The first kappa shape index (κ1) is 13.3. The number of aryl methyl sites for hydroxylation is 1. The summed E-state index contributed by atoms with van der Waals surface area (Å²) in [6.07, 6.45) is 1.69. The van der Waals surface area contributed by atoms with Crippen LogP contribution in [0.4, 0.5) is 5.82 Å². The van der Waals surface area contributed by atoms with Gasteiger partial charge in [-0.15, -0.1) is 0 Å². The Balaban J connectivity index is 2.22. The summed E-state index contributed by atoms with van der Waals surface area (Å²) >= 11 is 8.25. The van der Waals surface area contributed by atoms with Crippen molar-refractivity contribution in [3.8, 4) is 0 Å². The normalized spacial score (nSPS) is 10.2. The van der Waals surface area contributed by atoms with E-state index in [1.807, 2.05) is 19.1 Å². The van der Waals surface area contributed by atoms with Crippen molar-refractivity contribution < 1.29 is 4.79 Å². The number of hydrogen-bond acceptors (Lipinski definition) is 2. The van der Waals surface area contributed by atoms with Gasteiger partial charge < -0.3 is 5.32 Å². The molecule has 0 aliphatic carbocycles. The number of rotatable bonds is 2. The molecule has 0 saturated heterocycles. The SMILES string of the molecule is Cc1cccc(C(=O)Nc2ccc(I)cn2)c1Cl. The Hall–Kier alpha value is -1.14. The molecule has 1 heterocycles. The number of carbonyl (C=O) groups excluding carboxylic acids is 1. The average molecular weight is 373 g/mol. The molecule has 0 spiro atoms. The molecule has 0 aliphatic heterocycles. The zero-order valence-corrected chi connectivity index (χ0v) is 12.5. The molecule has 0 bridgehead atoms. The van der Waals surface area contributed by atoms with E-state index in [1.54, 1.807) is 24.4 Å². The lowest BCUT2D eigenvalue weighted by Crippen LogP contribution is -2.13. The van der Waals surface area contributed by atoms with Gasteiger partial charge in [-0.1, -0.05) is 23.7 Å². The van der Waals surface area contributed by atoms with Crippen LogP contribution in [-0.4, -0.2) is 10.9 Å². The van der Waals surface area contributed by atoms with E-state index in [4.69, 9.17) is 11.6 Å². The van der Waals surface area contributed by atoms with Crippen LogP contribution in [0.15, 0.2) is 36.5 Å². The number of hydrogen-bond donors (Lipinski definition) is 1. The Kier molecular flexibility index (Phi) is 4.19. The van der Waals surface area contributed by atoms with Crippen molar-refractivity contribution in [2.45, 2.75) is 6.92 Å². The second kappa shape index (κ2) is 5.67. The molecule has 0 radical (unpaired) electrons. The highest BCUT2D eigenvalue weighted by molar-refractivity contribution is 14.1. The molecule has 0 fully saturated rings. The van der Waals surface area contributed by atoms with Gasteiger partial charge in [-0.05, 0) is 53.3 Å². The summed E-state index contributed by atoms with van der Waals surface area (Å²) in [5.41, 5.74) is 1.33. The topological polar surface area (TPSA) is 42.0 Å². The lowest BCUT2D eigenvalue weighted by molar-refractivity contribution is 0.102. The third kappa shape index (κ3) is 3.00. The number of benzene rings is 1. The number of aromatic nitrogens is 1. The summed E-state index contributed by atoms with van der Waals surface area (Å²) < 4.78 is 1.01. The number of pyridine rings is 1. The lowest BCUT2D eigenvalue weighted by atomic mass is 10.1. The molecular weight excluding hydrogens is 363 g/mol. The van der Waals surface area contributed by atoms with Crippen molar-refractivity contribution in [1.82, 2.24) is 4.98 Å². The number of carbonyl (C=O) groups is 1. The van der Waals surface area contributed by atoms with Crippen molar-refractivity contribution in [1.29, 1.82) is 0 Å². The molecule has 3 nitrogen and oxygen atoms in total. The zero-order valence-electron chi connectivity index (χ0n) is 9.58. The number of anilines is 1. The highest BCUT2D eigenvalue weighted by Gasteiger charge is 2.12. The van der Waals surface area contributed by atoms with Gasteiger partial charge in [0.05, 0.1) is 10.6 Å². The fourth-order valence-electron chi connectivity index (χ4n) is 1.46. The Morgan fingerprint density at radius 2 is 2.11 bits per heavy atom. The van der Waals surface area contributed by atoms with Crippen LogP contribution in [0.1, 0.15) is 15.9 Å². The van der Waals surface area contributed by atoms with Crippen molar-refractivity contribution in [2.75, 3.05) is 5.32 Å². The summed E-state index contributed by atoms with van der Waals surface area (Å²) in [5.74, 6) is 0.260. The molecule has 1 aromatic heterocycles. The summed E-state index contributed by atoms with van der Waals surface area (Å²) in [5, 5.41) is 3.19. The van der Waals surface area contributed by atoms with E-state index in [9.17, 15) is 4.79 Å². The van der Waals surface area contributed by atoms with E-state index in [2.05, 4.69) is 32.9 Å². The average Bonchev–Trinajstić information content (AvgIpc) is 2.35. The van der Waals surface area contributed by atoms with Gasteiger partial charge >= 0.3 is 0 Å². The molecule has 0 atom stereocenters. The monoisotopic (exact) mass is 372 g/mol. The molecule has 18 heavy (non-hydrogen) atoms. The fourth-order valence-corrected chi connectivity index (χ4v) is 1.99. The Labute approximate surface area is 124 Å². The van der Waals surface area contributed by atoms with Crippen LogP contribution in [0.5, 0.6) is 0 Å². The van der Waals surface area contributed by atoms with Crippen LogP contribution < -0.4 is 5.32 Å². The highest BCUT2D eigenvalue weighted by Crippen LogP contribution is 2.21. The van der Waals surface area contributed by atoms with E-state index in [0.29, 0.717) is 16.4 Å². The molecule has 0 aliphatic rings. The number of amides is 1. The predicted molar refractivity (Wildman–Crippen MR) is 81.1 cm³/mol. The summed E-state index contributed by atoms with van der Waals surface area (Å²) in [4.78, 5) is 16.1. The van der Waals surface area contributed by atoms with Gasteiger partial charge in [-0.3, -0.25) is 4.79 Å². The minimum absolute atomic E-state index is 0.252. The summed E-state index contributed by atoms with van der Waals surface area (Å²) in [6.45, 7) is 1.86. The van der Waals surface area contributed by atoms with Gasteiger partial charge in [0.25, 0.3) is 5.91 Å². The largest absolute Gasteiger partial charge is 0.307 e. The number of nitrogens with zero attached hydrogens (tertiary/aromatic N) is 1. The quantitative estimate of drug-likeness (QED) is 0.813. The molecule has 92 valence electrons. The Morgan fingerprint density at radius 1 is 1.33 bits per heavy atom. The van der Waals surface area contributed by atoms with Gasteiger partial charge in [-0.25, -0.2) is 4.98 Å². The first-order valence-electron chi connectivity index (χ1n) is 5.26. The van der Waals surface area contributed by atoms with Crippen LogP contribution in [0.3, 0.4) is 0 Å². The van der Waals surface area contributed by atoms with Crippen LogP contribution in [0.2, 0.25) is 5.02 Å². The highest BCUT2D eigenvalue weighted by atomic mass is 127. The molecule has 5 heteroatoms. The third-order valence-corrected chi connectivity index (χ3v) is 3.55. The van der Waals surface area contributed by atoms with Gasteiger partial charge in [0.1, 0.15) is 5.82 Å². The third-order valence-electron chi connectivity index (χ3n) is 2.41. The molecule has 2 aromatic rings. The van der Waals surface area contributed by atoms with E-state index in [1.165, 1.54) is 0 Å². The van der Waals surface area contributed by atoms with E-state index >= 15 is 0 Å². The van der Waals surface area contributed by atoms with Crippen molar-refractivity contribution in [2.24, 2.45) is 0 Å². The maximum atomic E-state index is 12.0. The predicted octanol–water partition coefficient (Wildman–Crippen LogP) is 3.90. The molecular formula is C13H10ClIN2O. The summed E-state index contributed by atoms with van der Waals surface area (Å²) in [7, 11) is 0. The minimum atomic E-state index is -0.252. The van der Waals surface area contributed by atoms with Gasteiger partial charge in [0, 0.05) is 9.77 Å².